The molecule has 0 unspecified atom stereocenters. The number of rotatable bonds is 4. The first-order valence-corrected chi connectivity index (χ1v) is 8.80. The number of carbonyl (C=O) groups is 2. The number of likely N-dealkylation sites (tertiary alicyclic amines) is 1. The van der Waals surface area contributed by atoms with Crippen LogP contribution in [0, 0.1) is 0 Å². The molecule has 1 saturated heterocycles. The Morgan fingerprint density at radius 1 is 1.36 bits per heavy atom. The highest BCUT2D eigenvalue weighted by Gasteiger charge is 2.26. The molecule has 1 aromatic carbocycles. The van der Waals surface area contributed by atoms with Gasteiger partial charge in [0, 0.05) is 36.4 Å². The van der Waals surface area contributed by atoms with E-state index in [1.807, 2.05) is 0 Å². The molecule has 1 aliphatic rings. The van der Waals surface area contributed by atoms with Crippen molar-refractivity contribution in [3.05, 3.63) is 52.0 Å². The summed E-state index contributed by atoms with van der Waals surface area (Å²) in [6.07, 6.45) is 5.39. The summed E-state index contributed by atoms with van der Waals surface area (Å²) in [5.41, 5.74) is 0.258. The Morgan fingerprint density at radius 3 is 2.96 bits per heavy atom. The predicted octanol–water partition coefficient (Wildman–Crippen LogP) is 2.85. The molecule has 1 aliphatic heterocycles. The lowest BCUT2D eigenvalue weighted by Gasteiger charge is -2.32. The van der Waals surface area contributed by atoms with Gasteiger partial charge < -0.3 is 15.2 Å². The molecular weight excluding hydrogens is 363 g/mol. The van der Waals surface area contributed by atoms with Crippen LogP contribution in [0.4, 0.5) is 0 Å². The maximum absolute atomic E-state index is 12.4. The summed E-state index contributed by atoms with van der Waals surface area (Å²) in [6, 6.07) is 4.64. The molecule has 0 bridgehead atoms. The SMILES string of the molecule is O=C(NCC(=O)N1CCC[C@@H](c2ncc[nH]2)C1)c1cc(Cl)ccc1Cl. The van der Waals surface area contributed by atoms with Crippen LogP contribution < -0.4 is 5.32 Å². The Hall–Kier alpha value is -2.05. The molecule has 0 spiro atoms. The fourth-order valence-electron chi connectivity index (χ4n) is 2.96. The van der Waals surface area contributed by atoms with Crippen LogP contribution >= 0.6 is 23.2 Å². The number of amides is 2. The number of aromatic nitrogens is 2. The van der Waals surface area contributed by atoms with Gasteiger partial charge in [-0.1, -0.05) is 23.2 Å². The molecule has 0 radical (unpaired) electrons. The van der Waals surface area contributed by atoms with E-state index in [4.69, 9.17) is 23.2 Å². The molecule has 2 amide bonds. The third-order valence-corrected chi connectivity index (χ3v) is 4.82. The van der Waals surface area contributed by atoms with E-state index in [0.29, 0.717) is 23.1 Å². The van der Waals surface area contributed by atoms with Crippen LogP contribution in [0.3, 0.4) is 0 Å². The lowest BCUT2D eigenvalue weighted by Crippen LogP contribution is -2.44. The van der Waals surface area contributed by atoms with E-state index in [9.17, 15) is 9.59 Å². The van der Waals surface area contributed by atoms with Crippen LogP contribution in [0.2, 0.25) is 10.0 Å². The number of hydrogen-bond acceptors (Lipinski definition) is 3. The average Bonchev–Trinajstić information content (AvgIpc) is 3.16. The molecule has 2 heterocycles. The van der Waals surface area contributed by atoms with Crippen molar-refractivity contribution in [3.8, 4) is 0 Å². The highest BCUT2D eigenvalue weighted by atomic mass is 35.5. The Kier molecular flexibility index (Phi) is 5.60. The molecule has 1 aromatic heterocycles. The highest BCUT2D eigenvalue weighted by molar-refractivity contribution is 6.35. The largest absolute Gasteiger partial charge is 0.348 e. The van der Waals surface area contributed by atoms with E-state index in [0.717, 1.165) is 18.7 Å². The van der Waals surface area contributed by atoms with E-state index in [1.165, 1.54) is 6.07 Å². The van der Waals surface area contributed by atoms with E-state index in [1.54, 1.807) is 29.4 Å². The van der Waals surface area contributed by atoms with Crippen molar-refractivity contribution in [2.45, 2.75) is 18.8 Å². The van der Waals surface area contributed by atoms with E-state index in [-0.39, 0.29) is 23.9 Å². The second-order valence-electron chi connectivity index (χ2n) is 5.96. The van der Waals surface area contributed by atoms with Crippen LogP contribution in [0.15, 0.2) is 30.6 Å². The summed E-state index contributed by atoms with van der Waals surface area (Å²) in [5.74, 6) is 0.557. The molecule has 2 N–H and O–H groups in total. The predicted molar refractivity (Wildman–Crippen MR) is 95.9 cm³/mol. The minimum atomic E-state index is -0.416. The molecule has 6 nitrogen and oxygen atoms in total. The van der Waals surface area contributed by atoms with Crippen molar-refractivity contribution < 1.29 is 9.59 Å². The maximum atomic E-state index is 12.4. The van der Waals surface area contributed by atoms with E-state index >= 15 is 0 Å². The van der Waals surface area contributed by atoms with E-state index in [2.05, 4.69) is 15.3 Å². The number of nitrogens with one attached hydrogen (secondary N) is 2. The summed E-state index contributed by atoms with van der Waals surface area (Å²) in [7, 11) is 0. The first-order valence-electron chi connectivity index (χ1n) is 8.05. The normalized spacial score (nSPS) is 17.4. The van der Waals surface area contributed by atoms with Gasteiger partial charge in [0.1, 0.15) is 5.82 Å². The number of piperidine rings is 1. The van der Waals surface area contributed by atoms with Crippen molar-refractivity contribution in [1.82, 2.24) is 20.2 Å². The zero-order chi connectivity index (χ0) is 17.8. The van der Waals surface area contributed by atoms with Gasteiger partial charge in [0.05, 0.1) is 17.1 Å². The lowest BCUT2D eigenvalue weighted by atomic mass is 9.97. The number of hydrogen-bond donors (Lipinski definition) is 2. The van der Waals surface area contributed by atoms with Crippen molar-refractivity contribution in [2.24, 2.45) is 0 Å². The van der Waals surface area contributed by atoms with Crippen LogP contribution in [-0.2, 0) is 4.79 Å². The van der Waals surface area contributed by atoms with Crippen molar-refractivity contribution in [3.63, 3.8) is 0 Å². The maximum Gasteiger partial charge on any atom is 0.253 e. The molecule has 0 aliphatic carbocycles. The Balaban J connectivity index is 1.57. The van der Waals surface area contributed by atoms with Crippen molar-refractivity contribution in [2.75, 3.05) is 19.6 Å². The Bertz CT molecular complexity index is 764. The van der Waals surface area contributed by atoms with Gasteiger partial charge in [-0.25, -0.2) is 4.98 Å². The van der Waals surface area contributed by atoms with Gasteiger partial charge in [0.2, 0.25) is 5.91 Å². The van der Waals surface area contributed by atoms with E-state index < -0.39 is 5.91 Å². The molecule has 25 heavy (non-hydrogen) atoms. The van der Waals surface area contributed by atoms with Crippen LogP contribution in [0.1, 0.15) is 34.9 Å². The number of aromatic amines is 1. The minimum absolute atomic E-state index is 0.0768. The monoisotopic (exact) mass is 380 g/mol. The van der Waals surface area contributed by atoms with Gasteiger partial charge >= 0.3 is 0 Å². The number of imidazole rings is 1. The molecular formula is C17H18Cl2N4O2. The zero-order valence-corrected chi connectivity index (χ0v) is 15.0. The molecule has 1 fully saturated rings. The molecule has 132 valence electrons. The summed E-state index contributed by atoms with van der Waals surface area (Å²) < 4.78 is 0. The smallest absolute Gasteiger partial charge is 0.253 e. The number of benzene rings is 1. The van der Waals surface area contributed by atoms with Crippen LogP contribution in [0.5, 0.6) is 0 Å². The second kappa shape index (κ2) is 7.89. The third-order valence-electron chi connectivity index (χ3n) is 4.25. The van der Waals surface area contributed by atoms with Gasteiger partial charge in [0.25, 0.3) is 5.91 Å². The van der Waals surface area contributed by atoms with Gasteiger partial charge in [0.15, 0.2) is 0 Å². The summed E-state index contributed by atoms with van der Waals surface area (Å²) in [5, 5.41) is 3.33. The number of H-pyrrole nitrogens is 1. The third kappa shape index (κ3) is 4.32. The summed E-state index contributed by atoms with van der Waals surface area (Å²) in [6.45, 7) is 1.20. The Morgan fingerprint density at radius 2 is 2.20 bits per heavy atom. The quantitative estimate of drug-likeness (QED) is 0.855. The molecule has 8 heteroatoms. The molecule has 2 aromatic rings. The zero-order valence-electron chi connectivity index (χ0n) is 13.5. The molecule has 1 atom stereocenters. The standard InChI is InChI=1S/C17H18Cl2N4O2/c18-12-3-4-14(19)13(8-12)17(25)22-9-15(24)23-7-1-2-11(10-23)16-20-5-6-21-16/h3-6,8,11H,1-2,7,9-10H2,(H,20,21)(H,22,25)/t11-/m1/s1. The topological polar surface area (TPSA) is 78.1 Å². The first kappa shape index (κ1) is 17.8. The van der Waals surface area contributed by atoms with Crippen molar-refractivity contribution in [1.29, 1.82) is 0 Å². The highest BCUT2D eigenvalue weighted by Crippen LogP contribution is 2.24. The number of carbonyl (C=O) groups excluding carboxylic acids is 2. The van der Waals surface area contributed by atoms with Gasteiger partial charge in [-0.2, -0.15) is 0 Å². The first-order chi connectivity index (χ1) is 12.0. The summed E-state index contributed by atoms with van der Waals surface area (Å²) in [4.78, 5) is 33.8. The average molecular weight is 381 g/mol. The second-order valence-corrected chi connectivity index (χ2v) is 6.80. The fourth-order valence-corrected chi connectivity index (χ4v) is 3.34. The number of halogens is 2. The molecule has 3 rings (SSSR count). The van der Waals surface area contributed by atoms with Gasteiger partial charge in [-0.05, 0) is 31.0 Å². The number of nitrogens with zero attached hydrogens (tertiary/aromatic N) is 2. The van der Waals surface area contributed by atoms with Gasteiger partial charge in [-0.3, -0.25) is 9.59 Å². The van der Waals surface area contributed by atoms with Crippen LogP contribution in [0.25, 0.3) is 0 Å². The summed E-state index contributed by atoms with van der Waals surface area (Å²) >= 11 is 11.9. The minimum Gasteiger partial charge on any atom is -0.348 e. The van der Waals surface area contributed by atoms with Crippen LogP contribution in [-0.4, -0.2) is 46.3 Å². The Labute approximate surface area is 155 Å². The van der Waals surface area contributed by atoms with Gasteiger partial charge in [-0.15, -0.1) is 0 Å². The molecule has 0 saturated carbocycles. The van der Waals surface area contributed by atoms with Crippen molar-refractivity contribution >= 4 is 35.0 Å². The lowest BCUT2D eigenvalue weighted by molar-refractivity contribution is -0.131. The fraction of sp³-hybridized carbons (Fsp3) is 0.353.